The van der Waals surface area contributed by atoms with Crippen molar-refractivity contribution in [3.8, 4) is 0 Å². The van der Waals surface area contributed by atoms with Gasteiger partial charge in [-0.15, -0.1) is 0 Å². The quantitative estimate of drug-likeness (QED) is 0.647. The maximum Gasteiger partial charge on any atom is 0.221 e. The van der Waals surface area contributed by atoms with Crippen molar-refractivity contribution in [2.45, 2.75) is 39.0 Å². The van der Waals surface area contributed by atoms with E-state index in [4.69, 9.17) is 0 Å². The van der Waals surface area contributed by atoms with Gasteiger partial charge in [0.2, 0.25) is 5.91 Å². The molecule has 1 N–H and O–H groups in total. The van der Waals surface area contributed by atoms with Crippen LogP contribution in [0.15, 0.2) is 48.8 Å². The average molecular weight is 353 g/mol. The molecule has 2 heterocycles. The lowest BCUT2D eigenvalue weighted by molar-refractivity contribution is -0.121. The first kappa shape index (κ1) is 18.1. The highest BCUT2D eigenvalue weighted by molar-refractivity contribution is 5.77. The van der Waals surface area contributed by atoms with Gasteiger partial charge in [-0.25, -0.2) is 9.37 Å². The van der Waals surface area contributed by atoms with Gasteiger partial charge in [0, 0.05) is 31.3 Å². The van der Waals surface area contributed by atoms with Crippen molar-refractivity contribution in [2.24, 2.45) is 0 Å². The van der Waals surface area contributed by atoms with E-state index >= 15 is 0 Å². The summed E-state index contributed by atoms with van der Waals surface area (Å²) in [6, 6.07) is 10.6. The number of aryl methyl sites for hydroxylation is 1. The number of aromatic nitrogens is 2. The summed E-state index contributed by atoms with van der Waals surface area (Å²) in [6.07, 6.45) is 5.81. The van der Waals surface area contributed by atoms with Gasteiger partial charge < -0.3 is 9.72 Å². The van der Waals surface area contributed by atoms with E-state index < -0.39 is 5.92 Å². The molecule has 0 fully saturated rings. The number of carbonyl (C=O) groups is 1. The van der Waals surface area contributed by atoms with Gasteiger partial charge >= 0.3 is 0 Å². The molecule has 26 heavy (non-hydrogen) atoms. The highest BCUT2D eigenvalue weighted by atomic mass is 19.1. The predicted molar refractivity (Wildman–Crippen MR) is 101 cm³/mol. The summed E-state index contributed by atoms with van der Waals surface area (Å²) >= 11 is 0. The Morgan fingerprint density at radius 3 is 2.88 bits per heavy atom. The standard InChI is InChI=1S/C21H24FN3O/c1-3-4-10-23-21(26)13-17(16-7-5-6-8-18(16)22)19-14-24-20-12-15(2)9-11-25(19)20/h5-9,11-12,14,17H,3-4,10,13H2,1-2H3,(H,23,26). The first-order valence-corrected chi connectivity index (χ1v) is 9.05. The van der Waals surface area contributed by atoms with E-state index in [0.29, 0.717) is 12.1 Å². The lowest BCUT2D eigenvalue weighted by Gasteiger charge is -2.18. The van der Waals surface area contributed by atoms with Gasteiger partial charge in [-0.05, 0) is 42.7 Å². The van der Waals surface area contributed by atoms with E-state index in [9.17, 15) is 9.18 Å². The van der Waals surface area contributed by atoms with E-state index in [-0.39, 0.29) is 18.1 Å². The van der Waals surface area contributed by atoms with Crippen LogP contribution in [0.2, 0.25) is 0 Å². The number of pyridine rings is 1. The van der Waals surface area contributed by atoms with Crippen molar-refractivity contribution in [3.05, 3.63) is 71.4 Å². The third-order valence-corrected chi connectivity index (χ3v) is 4.58. The summed E-state index contributed by atoms with van der Waals surface area (Å²) in [7, 11) is 0. The third-order valence-electron chi connectivity index (χ3n) is 4.58. The van der Waals surface area contributed by atoms with Crippen molar-refractivity contribution < 1.29 is 9.18 Å². The zero-order valence-electron chi connectivity index (χ0n) is 15.2. The van der Waals surface area contributed by atoms with Gasteiger partial charge in [0.25, 0.3) is 0 Å². The number of imidazole rings is 1. The number of fused-ring (bicyclic) bond motifs is 1. The Bertz CT molecular complexity index is 903. The van der Waals surface area contributed by atoms with Crippen LogP contribution in [0, 0.1) is 12.7 Å². The lowest BCUT2D eigenvalue weighted by Crippen LogP contribution is -2.26. The summed E-state index contributed by atoms with van der Waals surface area (Å²) in [4.78, 5) is 16.9. The number of carbonyl (C=O) groups excluding carboxylic acids is 1. The number of nitrogens with one attached hydrogen (secondary N) is 1. The molecule has 1 amide bonds. The monoisotopic (exact) mass is 353 g/mol. The highest BCUT2D eigenvalue weighted by Crippen LogP contribution is 2.30. The molecule has 4 nitrogen and oxygen atoms in total. The number of unbranched alkanes of at least 4 members (excludes halogenated alkanes) is 1. The Morgan fingerprint density at radius 1 is 1.31 bits per heavy atom. The van der Waals surface area contributed by atoms with Crippen LogP contribution in [0.25, 0.3) is 5.65 Å². The number of halogens is 1. The number of amides is 1. The van der Waals surface area contributed by atoms with E-state index in [1.807, 2.05) is 29.7 Å². The van der Waals surface area contributed by atoms with Crippen molar-refractivity contribution >= 4 is 11.6 Å². The molecule has 0 radical (unpaired) electrons. The fraction of sp³-hybridized carbons (Fsp3) is 0.333. The Hall–Kier alpha value is -2.69. The second-order valence-corrected chi connectivity index (χ2v) is 6.60. The van der Waals surface area contributed by atoms with Crippen LogP contribution in [0.1, 0.15) is 48.9 Å². The zero-order chi connectivity index (χ0) is 18.5. The summed E-state index contributed by atoms with van der Waals surface area (Å²) in [6.45, 7) is 4.73. The van der Waals surface area contributed by atoms with Crippen LogP contribution >= 0.6 is 0 Å². The molecule has 0 aliphatic carbocycles. The smallest absolute Gasteiger partial charge is 0.221 e. The molecule has 1 atom stereocenters. The highest BCUT2D eigenvalue weighted by Gasteiger charge is 2.24. The van der Waals surface area contributed by atoms with E-state index in [1.54, 1.807) is 24.4 Å². The van der Waals surface area contributed by atoms with E-state index in [0.717, 1.165) is 29.7 Å². The Kier molecular flexibility index (Phi) is 5.66. The number of benzene rings is 1. The van der Waals surface area contributed by atoms with Crippen LogP contribution in [0.4, 0.5) is 4.39 Å². The Labute approximate surface area is 153 Å². The topological polar surface area (TPSA) is 46.4 Å². The van der Waals surface area contributed by atoms with Gasteiger partial charge in [0.1, 0.15) is 11.5 Å². The average Bonchev–Trinajstić information content (AvgIpc) is 3.03. The van der Waals surface area contributed by atoms with Crippen LogP contribution in [-0.4, -0.2) is 21.8 Å². The van der Waals surface area contributed by atoms with E-state index in [2.05, 4.69) is 17.2 Å². The molecular weight excluding hydrogens is 329 g/mol. The molecule has 0 spiro atoms. The Balaban J connectivity index is 1.97. The predicted octanol–water partition coefficient (Wildman–Crippen LogP) is 4.22. The molecule has 3 aromatic rings. The van der Waals surface area contributed by atoms with Gasteiger partial charge in [-0.1, -0.05) is 31.5 Å². The number of hydrogen-bond acceptors (Lipinski definition) is 2. The van der Waals surface area contributed by atoms with Crippen LogP contribution < -0.4 is 5.32 Å². The molecule has 1 unspecified atom stereocenters. The normalized spacial score (nSPS) is 12.3. The zero-order valence-corrected chi connectivity index (χ0v) is 15.2. The largest absolute Gasteiger partial charge is 0.356 e. The van der Waals surface area contributed by atoms with Crippen molar-refractivity contribution in [2.75, 3.05) is 6.54 Å². The summed E-state index contributed by atoms with van der Waals surface area (Å²) < 4.78 is 16.4. The summed E-state index contributed by atoms with van der Waals surface area (Å²) in [5.74, 6) is -0.773. The minimum atomic E-state index is -0.393. The third kappa shape index (κ3) is 3.93. The molecular formula is C21H24FN3O. The number of hydrogen-bond donors (Lipinski definition) is 1. The van der Waals surface area contributed by atoms with Crippen molar-refractivity contribution in [3.63, 3.8) is 0 Å². The lowest BCUT2D eigenvalue weighted by atomic mass is 9.92. The molecule has 3 rings (SSSR count). The van der Waals surface area contributed by atoms with Gasteiger partial charge in [0.05, 0.1) is 5.69 Å². The van der Waals surface area contributed by atoms with Gasteiger partial charge in [-0.2, -0.15) is 0 Å². The Morgan fingerprint density at radius 2 is 2.12 bits per heavy atom. The molecule has 0 saturated carbocycles. The molecule has 1 aromatic carbocycles. The van der Waals surface area contributed by atoms with Gasteiger partial charge in [-0.3, -0.25) is 4.79 Å². The second kappa shape index (κ2) is 8.13. The maximum absolute atomic E-state index is 14.5. The second-order valence-electron chi connectivity index (χ2n) is 6.60. The molecule has 0 bridgehead atoms. The van der Waals surface area contributed by atoms with E-state index in [1.165, 1.54) is 6.07 Å². The fourth-order valence-electron chi connectivity index (χ4n) is 3.15. The molecule has 0 aliphatic heterocycles. The summed E-state index contributed by atoms with van der Waals surface area (Å²) in [5, 5.41) is 2.93. The fourth-order valence-corrected chi connectivity index (χ4v) is 3.15. The van der Waals surface area contributed by atoms with Crippen molar-refractivity contribution in [1.82, 2.24) is 14.7 Å². The minimum absolute atomic E-state index is 0.0752. The first-order chi connectivity index (χ1) is 12.6. The first-order valence-electron chi connectivity index (χ1n) is 9.05. The molecule has 0 saturated heterocycles. The molecule has 5 heteroatoms. The van der Waals surface area contributed by atoms with Crippen LogP contribution in [0.3, 0.4) is 0 Å². The number of nitrogens with zero attached hydrogens (tertiary/aromatic N) is 2. The maximum atomic E-state index is 14.5. The SMILES string of the molecule is CCCCNC(=O)CC(c1ccccc1F)c1cnc2cc(C)ccn12. The van der Waals surface area contributed by atoms with Crippen LogP contribution in [-0.2, 0) is 4.79 Å². The molecule has 0 aliphatic rings. The molecule has 2 aromatic heterocycles. The van der Waals surface area contributed by atoms with Gasteiger partial charge in [0.15, 0.2) is 0 Å². The number of rotatable bonds is 7. The summed E-state index contributed by atoms with van der Waals surface area (Å²) in [5.41, 5.74) is 3.23. The molecule has 136 valence electrons. The minimum Gasteiger partial charge on any atom is -0.356 e. The van der Waals surface area contributed by atoms with Crippen molar-refractivity contribution in [1.29, 1.82) is 0 Å². The van der Waals surface area contributed by atoms with Crippen LogP contribution in [0.5, 0.6) is 0 Å².